The van der Waals surface area contributed by atoms with Crippen LogP contribution < -0.4 is 11.1 Å². The second-order valence-corrected chi connectivity index (χ2v) is 5.29. The molecule has 0 atom stereocenters. The fourth-order valence-electron chi connectivity index (χ4n) is 1.91. The van der Waals surface area contributed by atoms with E-state index in [4.69, 9.17) is 28.9 Å². The van der Waals surface area contributed by atoms with E-state index < -0.39 is 0 Å². The number of rotatable bonds is 7. The molecule has 0 saturated carbocycles. The van der Waals surface area contributed by atoms with E-state index in [-0.39, 0.29) is 10.9 Å². The van der Waals surface area contributed by atoms with Crippen LogP contribution in [0.1, 0.15) is 30.6 Å². The molecule has 20 heavy (non-hydrogen) atoms. The van der Waals surface area contributed by atoms with Gasteiger partial charge in [-0.15, -0.1) is 0 Å². The average Bonchev–Trinajstić information content (AvgIpc) is 2.42. The summed E-state index contributed by atoms with van der Waals surface area (Å²) in [4.78, 5) is 14.3. The Balaban J connectivity index is 2.52. The van der Waals surface area contributed by atoms with Crippen molar-refractivity contribution in [3.63, 3.8) is 0 Å². The first-order valence-electron chi connectivity index (χ1n) is 6.74. The van der Waals surface area contributed by atoms with Crippen molar-refractivity contribution in [3.05, 3.63) is 27.7 Å². The van der Waals surface area contributed by atoms with Gasteiger partial charge in [-0.3, -0.25) is 4.79 Å². The highest BCUT2D eigenvalue weighted by Gasteiger charge is 2.13. The number of hydrogen-bond acceptors (Lipinski definition) is 3. The Bertz CT molecular complexity index is 462. The normalized spacial score (nSPS) is 10.8. The van der Waals surface area contributed by atoms with Crippen molar-refractivity contribution in [2.24, 2.45) is 0 Å². The number of nitrogens with zero attached hydrogens (tertiary/aromatic N) is 1. The molecular weight excluding hydrogens is 297 g/mol. The van der Waals surface area contributed by atoms with Crippen molar-refractivity contribution >= 4 is 34.8 Å². The molecule has 0 spiro atoms. The lowest BCUT2D eigenvalue weighted by Crippen LogP contribution is -2.30. The topological polar surface area (TPSA) is 58.4 Å². The van der Waals surface area contributed by atoms with Crippen LogP contribution in [0.15, 0.2) is 12.1 Å². The molecule has 0 fully saturated rings. The van der Waals surface area contributed by atoms with Gasteiger partial charge in [0.15, 0.2) is 0 Å². The first-order chi connectivity index (χ1) is 9.49. The second kappa shape index (κ2) is 8.35. The highest BCUT2D eigenvalue weighted by molar-refractivity contribution is 6.44. The molecule has 3 N–H and O–H groups in total. The number of halogens is 2. The maximum absolute atomic E-state index is 12.0. The van der Waals surface area contributed by atoms with Gasteiger partial charge in [0, 0.05) is 12.2 Å². The Morgan fingerprint density at radius 1 is 1.30 bits per heavy atom. The Hall–Kier alpha value is -0.970. The first-order valence-corrected chi connectivity index (χ1v) is 7.50. The first kappa shape index (κ1) is 17.1. The van der Waals surface area contributed by atoms with Crippen molar-refractivity contribution in [2.75, 3.05) is 31.9 Å². The third kappa shape index (κ3) is 4.85. The van der Waals surface area contributed by atoms with Crippen molar-refractivity contribution in [1.82, 2.24) is 10.2 Å². The molecule has 1 amide bonds. The Kier molecular flexibility index (Phi) is 7.13. The van der Waals surface area contributed by atoms with E-state index in [1.165, 1.54) is 12.1 Å². The Morgan fingerprint density at radius 3 is 2.55 bits per heavy atom. The molecule has 1 aromatic rings. The summed E-state index contributed by atoms with van der Waals surface area (Å²) in [5.41, 5.74) is 6.41. The van der Waals surface area contributed by atoms with E-state index in [0.717, 1.165) is 26.1 Å². The number of carbonyl (C=O) groups is 1. The summed E-state index contributed by atoms with van der Waals surface area (Å²) >= 11 is 11.9. The van der Waals surface area contributed by atoms with E-state index >= 15 is 0 Å². The summed E-state index contributed by atoms with van der Waals surface area (Å²) in [5, 5.41) is 3.36. The van der Waals surface area contributed by atoms with E-state index in [1.54, 1.807) is 0 Å². The van der Waals surface area contributed by atoms with Crippen molar-refractivity contribution in [2.45, 2.75) is 20.3 Å². The smallest absolute Gasteiger partial charge is 0.252 e. The predicted molar refractivity (Wildman–Crippen MR) is 85.6 cm³/mol. The van der Waals surface area contributed by atoms with Crippen molar-refractivity contribution in [1.29, 1.82) is 0 Å². The summed E-state index contributed by atoms with van der Waals surface area (Å²) in [7, 11) is 0. The van der Waals surface area contributed by atoms with Gasteiger partial charge in [0.05, 0.1) is 15.6 Å². The zero-order valence-electron chi connectivity index (χ0n) is 11.9. The minimum absolute atomic E-state index is 0.238. The van der Waals surface area contributed by atoms with E-state index in [0.29, 0.717) is 22.8 Å². The lowest BCUT2D eigenvalue weighted by molar-refractivity contribution is 0.0952. The standard InChI is InChI=1S/C14H21Cl2N3O/c1-3-19(4-2)7-5-6-18-14(20)11-8-10(17)9-12(15)13(11)16/h8-9H,3-7,17H2,1-2H3,(H,18,20). The summed E-state index contributed by atoms with van der Waals surface area (Å²) in [6.45, 7) is 7.83. The molecule has 0 radical (unpaired) electrons. The van der Waals surface area contributed by atoms with Crippen LogP contribution in [0, 0.1) is 0 Å². The van der Waals surface area contributed by atoms with Gasteiger partial charge in [-0.2, -0.15) is 0 Å². The number of carbonyl (C=O) groups excluding carboxylic acids is 1. The van der Waals surface area contributed by atoms with Crippen molar-refractivity contribution < 1.29 is 4.79 Å². The molecule has 0 aliphatic carbocycles. The van der Waals surface area contributed by atoms with Crippen LogP contribution in [-0.4, -0.2) is 37.0 Å². The van der Waals surface area contributed by atoms with Crippen LogP contribution >= 0.6 is 23.2 Å². The minimum atomic E-state index is -0.247. The monoisotopic (exact) mass is 317 g/mol. The van der Waals surface area contributed by atoms with Gasteiger partial charge in [-0.05, 0) is 38.2 Å². The number of hydrogen-bond donors (Lipinski definition) is 2. The van der Waals surface area contributed by atoms with Gasteiger partial charge in [0.2, 0.25) is 0 Å². The van der Waals surface area contributed by atoms with E-state index in [9.17, 15) is 4.79 Å². The molecule has 6 heteroatoms. The Morgan fingerprint density at radius 2 is 1.95 bits per heavy atom. The summed E-state index contributed by atoms with van der Waals surface area (Å²) in [5.74, 6) is -0.247. The number of nitrogens with one attached hydrogen (secondary N) is 1. The molecule has 0 aromatic heterocycles. The number of benzene rings is 1. The van der Waals surface area contributed by atoms with Crippen LogP contribution in [0.25, 0.3) is 0 Å². The minimum Gasteiger partial charge on any atom is -0.399 e. The molecule has 0 aliphatic heterocycles. The van der Waals surface area contributed by atoms with Crippen LogP contribution in [0.4, 0.5) is 5.69 Å². The third-order valence-electron chi connectivity index (χ3n) is 3.13. The van der Waals surface area contributed by atoms with Gasteiger partial charge >= 0.3 is 0 Å². The fourth-order valence-corrected chi connectivity index (χ4v) is 2.34. The van der Waals surface area contributed by atoms with Gasteiger partial charge in [-0.1, -0.05) is 37.0 Å². The van der Waals surface area contributed by atoms with Crippen LogP contribution in [0.5, 0.6) is 0 Å². The predicted octanol–water partition coefficient (Wildman–Crippen LogP) is 3.04. The summed E-state index contributed by atoms with van der Waals surface area (Å²) in [6.07, 6.45) is 0.890. The van der Waals surface area contributed by atoms with E-state index in [2.05, 4.69) is 24.1 Å². The maximum Gasteiger partial charge on any atom is 0.252 e. The molecule has 0 saturated heterocycles. The molecule has 1 aromatic carbocycles. The number of anilines is 1. The Labute approximate surface area is 130 Å². The molecule has 4 nitrogen and oxygen atoms in total. The highest BCUT2D eigenvalue weighted by Crippen LogP contribution is 2.28. The van der Waals surface area contributed by atoms with Crippen molar-refractivity contribution in [3.8, 4) is 0 Å². The van der Waals surface area contributed by atoms with E-state index in [1.807, 2.05) is 0 Å². The quantitative estimate of drug-likeness (QED) is 0.600. The molecule has 0 bridgehead atoms. The largest absolute Gasteiger partial charge is 0.399 e. The molecule has 0 aliphatic rings. The molecule has 112 valence electrons. The van der Waals surface area contributed by atoms with Crippen LogP contribution in [0.2, 0.25) is 10.0 Å². The fraction of sp³-hybridized carbons (Fsp3) is 0.500. The van der Waals surface area contributed by atoms with Gasteiger partial charge in [-0.25, -0.2) is 0 Å². The number of nitrogen functional groups attached to an aromatic ring is 1. The summed E-state index contributed by atoms with van der Waals surface area (Å²) < 4.78 is 0. The van der Waals surface area contributed by atoms with Crippen LogP contribution in [-0.2, 0) is 0 Å². The number of nitrogens with two attached hydrogens (primary N) is 1. The molecule has 0 unspecified atom stereocenters. The lowest BCUT2D eigenvalue weighted by Gasteiger charge is -2.17. The average molecular weight is 318 g/mol. The zero-order chi connectivity index (χ0) is 15.1. The summed E-state index contributed by atoms with van der Waals surface area (Å²) in [6, 6.07) is 3.06. The molecule has 0 heterocycles. The molecule has 1 rings (SSSR count). The number of amides is 1. The highest BCUT2D eigenvalue weighted by atomic mass is 35.5. The second-order valence-electron chi connectivity index (χ2n) is 4.50. The zero-order valence-corrected chi connectivity index (χ0v) is 13.4. The van der Waals surface area contributed by atoms with Gasteiger partial charge in [0.25, 0.3) is 5.91 Å². The van der Waals surface area contributed by atoms with Crippen LogP contribution in [0.3, 0.4) is 0 Å². The lowest BCUT2D eigenvalue weighted by atomic mass is 10.2. The maximum atomic E-state index is 12.0. The van der Waals surface area contributed by atoms with Gasteiger partial charge < -0.3 is 16.0 Å². The SMILES string of the molecule is CCN(CC)CCCNC(=O)c1cc(N)cc(Cl)c1Cl. The third-order valence-corrected chi connectivity index (χ3v) is 3.93. The van der Waals surface area contributed by atoms with Gasteiger partial charge in [0.1, 0.15) is 0 Å². The molecular formula is C14H21Cl2N3O.